The largest absolute Gasteiger partial charge is 0.394 e. The van der Waals surface area contributed by atoms with E-state index >= 15 is 0 Å². The van der Waals surface area contributed by atoms with Gasteiger partial charge in [0.1, 0.15) is 0 Å². The quantitative estimate of drug-likeness (QED) is 0.868. The number of aliphatic hydroxyl groups is 1. The van der Waals surface area contributed by atoms with Gasteiger partial charge in [0.05, 0.1) is 18.2 Å². The van der Waals surface area contributed by atoms with Crippen molar-refractivity contribution in [3.63, 3.8) is 0 Å². The highest BCUT2D eigenvalue weighted by Crippen LogP contribution is 2.21. The molecule has 1 amide bonds. The minimum atomic E-state index is -0.179. The zero-order chi connectivity index (χ0) is 13.1. The highest BCUT2D eigenvalue weighted by Gasteiger charge is 2.21. The Kier molecular flexibility index (Phi) is 4.71. The number of rotatable bonds is 4. The SMILES string of the molecule is Cc1cscc1C(=O)N[C@H](CO)CC(C)(C)C. The van der Waals surface area contributed by atoms with E-state index in [1.807, 2.05) is 17.7 Å². The summed E-state index contributed by atoms with van der Waals surface area (Å²) in [4.78, 5) is 12.0. The summed E-state index contributed by atoms with van der Waals surface area (Å²) in [7, 11) is 0. The third-order valence-electron chi connectivity index (χ3n) is 2.51. The summed E-state index contributed by atoms with van der Waals surface area (Å²) in [6, 6.07) is -0.179. The third kappa shape index (κ3) is 4.48. The van der Waals surface area contributed by atoms with Crippen molar-refractivity contribution >= 4 is 17.2 Å². The average molecular weight is 255 g/mol. The molecule has 0 bridgehead atoms. The van der Waals surface area contributed by atoms with Crippen LogP contribution in [0.2, 0.25) is 0 Å². The van der Waals surface area contributed by atoms with Crippen LogP contribution >= 0.6 is 11.3 Å². The lowest BCUT2D eigenvalue weighted by molar-refractivity contribution is 0.0897. The van der Waals surface area contributed by atoms with Crippen LogP contribution in [-0.2, 0) is 0 Å². The second-order valence-electron chi connectivity index (χ2n) is 5.59. The van der Waals surface area contributed by atoms with Gasteiger partial charge in [-0.25, -0.2) is 0 Å². The molecule has 17 heavy (non-hydrogen) atoms. The lowest BCUT2D eigenvalue weighted by Crippen LogP contribution is -2.40. The maximum absolute atomic E-state index is 12.0. The number of thiophene rings is 1. The van der Waals surface area contributed by atoms with Gasteiger partial charge < -0.3 is 10.4 Å². The van der Waals surface area contributed by atoms with Gasteiger partial charge in [-0.05, 0) is 29.7 Å². The Bertz CT molecular complexity index is 379. The molecule has 4 heteroatoms. The second kappa shape index (κ2) is 5.65. The first-order valence-electron chi connectivity index (χ1n) is 5.78. The van der Waals surface area contributed by atoms with Crippen LogP contribution in [0.25, 0.3) is 0 Å². The summed E-state index contributed by atoms with van der Waals surface area (Å²) in [5.74, 6) is -0.0907. The van der Waals surface area contributed by atoms with Gasteiger partial charge in [-0.1, -0.05) is 20.8 Å². The number of amides is 1. The summed E-state index contributed by atoms with van der Waals surface area (Å²) < 4.78 is 0. The molecule has 0 saturated heterocycles. The molecule has 1 aromatic heterocycles. The monoisotopic (exact) mass is 255 g/mol. The van der Waals surface area contributed by atoms with E-state index in [2.05, 4.69) is 26.1 Å². The Morgan fingerprint density at radius 1 is 1.47 bits per heavy atom. The maximum Gasteiger partial charge on any atom is 0.252 e. The molecular weight excluding hydrogens is 234 g/mol. The summed E-state index contributed by atoms with van der Waals surface area (Å²) in [5, 5.41) is 16.0. The number of hydrogen-bond acceptors (Lipinski definition) is 3. The summed E-state index contributed by atoms with van der Waals surface area (Å²) in [6.45, 7) is 8.18. The van der Waals surface area contributed by atoms with E-state index in [1.165, 1.54) is 11.3 Å². The van der Waals surface area contributed by atoms with Gasteiger partial charge >= 0.3 is 0 Å². The standard InChI is InChI=1S/C13H21NO2S/c1-9-7-17-8-11(9)12(16)14-10(6-15)5-13(2,3)4/h7-8,10,15H,5-6H2,1-4H3,(H,14,16)/t10-/m0/s1. The molecule has 2 N–H and O–H groups in total. The van der Waals surface area contributed by atoms with Crippen LogP contribution in [0.5, 0.6) is 0 Å². The number of hydrogen-bond donors (Lipinski definition) is 2. The Morgan fingerprint density at radius 3 is 2.53 bits per heavy atom. The number of carbonyl (C=O) groups is 1. The van der Waals surface area contributed by atoms with Crippen molar-refractivity contribution in [2.24, 2.45) is 5.41 Å². The molecule has 1 heterocycles. The molecule has 0 fully saturated rings. The van der Waals surface area contributed by atoms with E-state index in [0.717, 1.165) is 12.0 Å². The molecule has 0 radical (unpaired) electrons. The topological polar surface area (TPSA) is 49.3 Å². The molecule has 96 valence electrons. The van der Waals surface area contributed by atoms with Crippen molar-refractivity contribution in [1.29, 1.82) is 0 Å². The minimum absolute atomic E-state index is 0.0216. The van der Waals surface area contributed by atoms with Gasteiger partial charge in [-0.15, -0.1) is 0 Å². The molecule has 0 aromatic carbocycles. The molecule has 0 aliphatic rings. The average Bonchev–Trinajstić information content (AvgIpc) is 2.61. The number of aryl methyl sites for hydroxylation is 1. The van der Waals surface area contributed by atoms with E-state index in [9.17, 15) is 9.90 Å². The van der Waals surface area contributed by atoms with Crippen LogP contribution in [0.1, 0.15) is 43.1 Å². The summed E-state index contributed by atoms with van der Waals surface area (Å²) in [6.07, 6.45) is 0.762. The van der Waals surface area contributed by atoms with Gasteiger partial charge in [-0.3, -0.25) is 4.79 Å². The Labute approximate surface area is 107 Å². The first-order chi connectivity index (χ1) is 7.83. The fourth-order valence-electron chi connectivity index (χ4n) is 1.76. The molecule has 0 aliphatic carbocycles. The van der Waals surface area contributed by atoms with Crippen LogP contribution in [0.15, 0.2) is 10.8 Å². The second-order valence-corrected chi connectivity index (χ2v) is 6.33. The molecular formula is C13H21NO2S. The summed E-state index contributed by atoms with van der Waals surface area (Å²) in [5.41, 5.74) is 1.78. The molecule has 0 saturated carbocycles. The van der Waals surface area contributed by atoms with Crippen LogP contribution in [0.4, 0.5) is 0 Å². The van der Waals surface area contributed by atoms with Gasteiger partial charge in [0.25, 0.3) is 5.91 Å². The van der Waals surface area contributed by atoms with Crippen molar-refractivity contribution in [3.05, 3.63) is 21.9 Å². The molecule has 1 atom stereocenters. The number of aliphatic hydroxyl groups excluding tert-OH is 1. The van der Waals surface area contributed by atoms with E-state index < -0.39 is 0 Å². The highest BCUT2D eigenvalue weighted by molar-refractivity contribution is 7.08. The van der Waals surface area contributed by atoms with Crippen LogP contribution in [-0.4, -0.2) is 23.7 Å². The van der Waals surface area contributed by atoms with Gasteiger partial charge in [-0.2, -0.15) is 11.3 Å². The van der Waals surface area contributed by atoms with E-state index in [4.69, 9.17) is 0 Å². The maximum atomic E-state index is 12.0. The minimum Gasteiger partial charge on any atom is -0.394 e. The van der Waals surface area contributed by atoms with Crippen molar-refractivity contribution in [3.8, 4) is 0 Å². The zero-order valence-corrected chi connectivity index (χ0v) is 11.7. The van der Waals surface area contributed by atoms with Crippen molar-refractivity contribution in [2.75, 3.05) is 6.61 Å². The first-order valence-corrected chi connectivity index (χ1v) is 6.72. The van der Waals surface area contributed by atoms with E-state index in [0.29, 0.717) is 5.56 Å². The van der Waals surface area contributed by atoms with E-state index in [1.54, 1.807) is 0 Å². The molecule has 0 unspecified atom stereocenters. The summed E-state index contributed by atoms with van der Waals surface area (Å²) >= 11 is 1.52. The number of carbonyl (C=O) groups excluding carboxylic acids is 1. The number of nitrogens with one attached hydrogen (secondary N) is 1. The van der Waals surface area contributed by atoms with Gasteiger partial charge in [0, 0.05) is 5.38 Å². The molecule has 0 aliphatic heterocycles. The fourth-order valence-corrected chi connectivity index (χ4v) is 2.58. The third-order valence-corrected chi connectivity index (χ3v) is 3.38. The molecule has 1 aromatic rings. The Balaban J connectivity index is 2.63. The predicted octanol–water partition coefficient (Wildman–Crippen LogP) is 2.58. The van der Waals surface area contributed by atoms with Gasteiger partial charge in [0.2, 0.25) is 0 Å². The van der Waals surface area contributed by atoms with E-state index in [-0.39, 0.29) is 24.0 Å². The predicted molar refractivity (Wildman–Crippen MR) is 71.5 cm³/mol. The Hall–Kier alpha value is -0.870. The van der Waals surface area contributed by atoms with Crippen molar-refractivity contribution in [1.82, 2.24) is 5.32 Å². The highest BCUT2D eigenvalue weighted by atomic mass is 32.1. The Morgan fingerprint density at radius 2 is 2.12 bits per heavy atom. The lowest BCUT2D eigenvalue weighted by atomic mass is 9.88. The van der Waals surface area contributed by atoms with Crippen LogP contribution in [0.3, 0.4) is 0 Å². The van der Waals surface area contributed by atoms with Crippen molar-refractivity contribution in [2.45, 2.75) is 40.2 Å². The van der Waals surface area contributed by atoms with Crippen LogP contribution in [0, 0.1) is 12.3 Å². The lowest BCUT2D eigenvalue weighted by Gasteiger charge is -2.25. The smallest absolute Gasteiger partial charge is 0.252 e. The van der Waals surface area contributed by atoms with Crippen LogP contribution < -0.4 is 5.32 Å². The molecule has 1 rings (SSSR count). The molecule has 3 nitrogen and oxygen atoms in total. The van der Waals surface area contributed by atoms with Gasteiger partial charge in [0.15, 0.2) is 0 Å². The fraction of sp³-hybridized carbons (Fsp3) is 0.615. The van der Waals surface area contributed by atoms with Crippen molar-refractivity contribution < 1.29 is 9.90 Å². The normalized spacial score (nSPS) is 13.5. The molecule has 0 spiro atoms. The first kappa shape index (κ1) is 14.2. The zero-order valence-electron chi connectivity index (χ0n) is 10.9.